The highest BCUT2D eigenvalue weighted by molar-refractivity contribution is 6.76. The van der Waals surface area contributed by atoms with Crippen molar-refractivity contribution in [2.45, 2.75) is 140 Å². The van der Waals surface area contributed by atoms with Gasteiger partial charge in [0.25, 0.3) is 0 Å². The van der Waals surface area contributed by atoms with E-state index in [9.17, 15) is 0 Å². The Bertz CT molecular complexity index is 1770. The van der Waals surface area contributed by atoms with Crippen LogP contribution in [0.25, 0.3) is 11.2 Å². The second-order valence-electron chi connectivity index (χ2n) is 17.9. The van der Waals surface area contributed by atoms with Crippen molar-refractivity contribution in [3.05, 3.63) is 45.9 Å². The monoisotopic (exact) mass is 789 g/mol. The second-order valence-corrected chi connectivity index (χ2v) is 28.7. The number of ether oxygens (including phenoxy) is 6. The van der Waals surface area contributed by atoms with E-state index >= 15 is 4.39 Å². The molecule has 0 radical (unpaired) electrons. The molecule has 3 fully saturated rings. The first-order valence-electron chi connectivity index (χ1n) is 19.3. The van der Waals surface area contributed by atoms with E-state index in [1.807, 2.05) is 16.7 Å². The maximum absolute atomic E-state index is 15.8. The molecule has 292 valence electrons. The molecule has 2 aromatic heterocycles. The van der Waals surface area contributed by atoms with Crippen LogP contribution in [0.1, 0.15) is 62.8 Å². The number of fused-ring (bicyclic) bond motifs is 3. The third kappa shape index (κ3) is 8.67. The van der Waals surface area contributed by atoms with Crippen LogP contribution >= 0.6 is 11.6 Å². The quantitative estimate of drug-likeness (QED) is 0.125. The predicted octanol–water partition coefficient (Wildman–Crippen LogP) is 8.30. The first-order chi connectivity index (χ1) is 25.1. The fraction of sp³-hybridized carbons (Fsp3) is 0.692. The van der Waals surface area contributed by atoms with Crippen molar-refractivity contribution in [3.8, 4) is 11.8 Å². The number of hydrogen-bond acceptors (Lipinski definition) is 9. The molecule has 5 atom stereocenters. The Hall–Kier alpha value is -2.11. The molecule has 3 saturated heterocycles. The van der Waals surface area contributed by atoms with Crippen molar-refractivity contribution in [1.82, 2.24) is 14.5 Å². The van der Waals surface area contributed by atoms with Crippen LogP contribution in [-0.4, -0.2) is 94.5 Å². The Labute approximate surface area is 320 Å². The fourth-order valence-corrected chi connectivity index (χ4v) is 9.82. The fourth-order valence-electron chi connectivity index (χ4n) is 7.52. The first-order valence-corrected chi connectivity index (χ1v) is 26.3. The summed E-state index contributed by atoms with van der Waals surface area (Å²) in [6.07, 6.45) is 2.76. The van der Waals surface area contributed by atoms with Crippen molar-refractivity contribution < 1.29 is 37.2 Å². The zero-order valence-corrected chi connectivity index (χ0v) is 35.4. The molecule has 53 heavy (non-hydrogen) atoms. The van der Waals surface area contributed by atoms with Gasteiger partial charge < -0.3 is 32.8 Å². The summed E-state index contributed by atoms with van der Waals surface area (Å²) in [6.45, 7) is 21.2. The first kappa shape index (κ1) is 39.1. The molecule has 4 aliphatic rings. The number of rotatable bonds is 13. The van der Waals surface area contributed by atoms with E-state index in [0.717, 1.165) is 42.9 Å². The minimum atomic E-state index is -2.03. The highest BCUT2D eigenvalue weighted by atomic mass is 35.5. The summed E-state index contributed by atoms with van der Waals surface area (Å²) in [7, 11) is -3.34. The number of nitrogens with zero attached hydrogens (tertiary/aromatic N) is 3. The maximum atomic E-state index is 15.8. The van der Waals surface area contributed by atoms with Crippen LogP contribution in [0.3, 0.4) is 0 Å². The molecule has 7 rings (SSSR count). The average molecular weight is 791 g/mol. The summed E-state index contributed by atoms with van der Waals surface area (Å²) >= 11 is 6.91. The molecule has 0 amide bonds. The molecule has 1 unspecified atom stereocenters. The van der Waals surface area contributed by atoms with E-state index in [-0.39, 0.29) is 54.0 Å². The third-order valence-corrected chi connectivity index (χ3v) is 18.2. The van der Waals surface area contributed by atoms with Crippen LogP contribution in [0.15, 0.2) is 18.2 Å². The van der Waals surface area contributed by atoms with Crippen LogP contribution in [0.2, 0.25) is 48.8 Å². The number of imidazole rings is 1. The van der Waals surface area contributed by atoms with Gasteiger partial charge in [-0.05, 0) is 72.6 Å². The van der Waals surface area contributed by atoms with E-state index in [0.29, 0.717) is 73.1 Å². The van der Waals surface area contributed by atoms with Crippen LogP contribution < -0.4 is 9.47 Å². The van der Waals surface area contributed by atoms with Crippen LogP contribution in [0.5, 0.6) is 11.8 Å². The Kier molecular flexibility index (Phi) is 11.4. The Balaban J connectivity index is 1.11. The molecule has 1 aliphatic carbocycles. The van der Waals surface area contributed by atoms with Gasteiger partial charge in [0.05, 0.1) is 43.2 Å². The Morgan fingerprint density at radius 3 is 2.38 bits per heavy atom. The number of aromatic nitrogens is 3. The number of halogens is 2. The zero-order chi connectivity index (χ0) is 37.7. The van der Waals surface area contributed by atoms with E-state index in [2.05, 4.69) is 53.5 Å². The summed E-state index contributed by atoms with van der Waals surface area (Å²) in [4.78, 5) is 9.96. The highest BCUT2D eigenvalue weighted by Crippen LogP contribution is 2.42. The van der Waals surface area contributed by atoms with E-state index in [1.54, 1.807) is 0 Å². The molecule has 3 aliphatic heterocycles. The molecule has 1 aromatic carbocycles. The van der Waals surface area contributed by atoms with E-state index < -0.39 is 16.4 Å². The van der Waals surface area contributed by atoms with Gasteiger partial charge in [0, 0.05) is 33.6 Å². The van der Waals surface area contributed by atoms with E-state index in [1.165, 1.54) is 6.07 Å². The normalized spacial score (nSPS) is 25.3. The number of aryl methyl sites for hydroxylation is 1. The van der Waals surface area contributed by atoms with Crippen LogP contribution in [0.4, 0.5) is 4.39 Å². The third-order valence-electron chi connectivity index (χ3n) is 11.7. The molecule has 0 saturated carbocycles. The minimum absolute atomic E-state index is 0.0537. The van der Waals surface area contributed by atoms with Gasteiger partial charge in [-0.3, -0.25) is 4.57 Å². The summed E-state index contributed by atoms with van der Waals surface area (Å²) in [5, 5.41) is 0.571. The van der Waals surface area contributed by atoms with Gasteiger partial charge in [-0.2, -0.15) is 4.98 Å². The Morgan fingerprint density at radius 1 is 0.943 bits per heavy atom. The molecular weight excluding hydrogens is 733 g/mol. The molecular formula is C39H57ClFN3O7Si2. The predicted molar refractivity (Wildman–Crippen MR) is 208 cm³/mol. The minimum Gasteiger partial charge on any atom is -0.490 e. The lowest BCUT2D eigenvalue weighted by atomic mass is 9.95. The van der Waals surface area contributed by atoms with Crippen LogP contribution in [-0.2, 0) is 42.9 Å². The molecule has 0 N–H and O–H groups in total. The molecule has 5 heterocycles. The average Bonchev–Trinajstić information content (AvgIpc) is 3.84. The topological polar surface area (TPSA) is 95.3 Å². The molecule has 14 heteroatoms. The lowest BCUT2D eigenvalue weighted by Crippen LogP contribution is -2.47. The van der Waals surface area contributed by atoms with Gasteiger partial charge in [0.1, 0.15) is 42.1 Å². The standard InChI is InChI=1S/C39H57ClFN3O7Si2/c1-39(2,3)53(7,8)51-33-22-48-35-32(21-47-36(33)35)50-38-43-31-20-28(40)30(42-37(31)44(38)23-46-15-16-52(4,5)6)18-25-10-9-24-17-27(19-29(41)34(24)25)49-26-11-13-45-14-12-26/h17,19-20,25-26,32-33,35-36H,9-16,18,21-23H2,1-8H3/t25?,32-,33-,35-,36-/m1/s1. The van der Waals surface area contributed by atoms with Gasteiger partial charge in [-0.1, -0.05) is 52.0 Å². The molecule has 0 spiro atoms. The maximum Gasteiger partial charge on any atom is 0.301 e. The summed E-state index contributed by atoms with van der Waals surface area (Å²) in [5.74, 6) is 0.305. The summed E-state index contributed by atoms with van der Waals surface area (Å²) in [6, 6.07) is 6.79. The summed E-state index contributed by atoms with van der Waals surface area (Å²) < 4.78 is 61.4. The molecule has 10 nitrogen and oxygen atoms in total. The second kappa shape index (κ2) is 15.4. The lowest BCUT2D eigenvalue weighted by molar-refractivity contribution is 0.00687. The zero-order valence-electron chi connectivity index (χ0n) is 32.6. The van der Waals surface area contributed by atoms with Gasteiger partial charge in [0.2, 0.25) is 0 Å². The molecule has 0 bridgehead atoms. The van der Waals surface area contributed by atoms with Crippen molar-refractivity contribution >= 4 is 39.2 Å². The van der Waals surface area contributed by atoms with Crippen molar-refractivity contribution in [3.63, 3.8) is 0 Å². The summed E-state index contributed by atoms with van der Waals surface area (Å²) in [5.41, 5.74) is 3.65. The number of pyridine rings is 1. The number of benzene rings is 1. The van der Waals surface area contributed by atoms with Crippen LogP contribution in [0, 0.1) is 5.82 Å². The van der Waals surface area contributed by atoms with Gasteiger partial charge in [0.15, 0.2) is 20.1 Å². The van der Waals surface area contributed by atoms with E-state index in [4.69, 9.17) is 54.4 Å². The Morgan fingerprint density at radius 2 is 1.66 bits per heavy atom. The number of hydrogen-bond donors (Lipinski definition) is 0. The van der Waals surface area contributed by atoms with Crippen molar-refractivity contribution in [2.75, 3.05) is 33.0 Å². The van der Waals surface area contributed by atoms with Gasteiger partial charge in [-0.15, -0.1) is 0 Å². The lowest BCUT2D eigenvalue weighted by Gasteiger charge is -2.39. The highest BCUT2D eigenvalue weighted by Gasteiger charge is 2.52. The molecule has 3 aromatic rings. The largest absolute Gasteiger partial charge is 0.490 e. The SMILES string of the molecule is CC(C)(C)[Si](C)(C)O[C@@H]1CO[C@H]2[C@@H]1OC[C@H]2Oc1nc2cc(Cl)c(CC3CCc4cc(OC5CCOCC5)cc(F)c43)nc2n1COCC[Si](C)(C)C. The van der Waals surface area contributed by atoms with Crippen molar-refractivity contribution in [2.24, 2.45) is 0 Å². The van der Waals surface area contributed by atoms with Crippen molar-refractivity contribution in [1.29, 1.82) is 0 Å². The smallest absolute Gasteiger partial charge is 0.301 e. The van der Waals surface area contributed by atoms with Gasteiger partial charge >= 0.3 is 6.01 Å². The van der Waals surface area contributed by atoms with Gasteiger partial charge in [-0.25, -0.2) is 9.37 Å².